The second-order valence-corrected chi connectivity index (χ2v) is 7.69. The second kappa shape index (κ2) is 7.88. The zero-order valence-corrected chi connectivity index (χ0v) is 15.2. The molecule has 2 nitrogen and oxygen atoms in total. The molecule has 3 aromatic carbocycles. The van der Waals surface area contributed by atoms with E-state index >= 15 is 0 Å². The van der Waals surface area contributed by atoms with Crippen LogP contribution in [0.15, 0.2) is 93.5 Å². The highest BCUT2D eigenvalue weighted by atomic mass is 32.2. The molecule has 0 aliphatic rings. The number of alkyl halides is 3. The van der Waals surface area contributed by atoms with E-state index < -0.39 is 28.6 Å². The number of halogens is 3. The van der Waals surface area contributed by atoms with Gasteiger partial charge in [0.25, 0.3) is 0 Å². The van der Waals surface area contributed by atoms with Gasteiger partial charge >= 0.3 is 12.1 Å². The molecule has 27 heavy (non-hydrogen) atoms. The number of hydrogen-bond acceptors (Lipinski definition) is 2. The Hall–Kier alpha value is -2.73. The molecule has 0 radical (unpaired) electrons. The van der Waals surface area contributed by atoms with Gasteiger partial charge in [-0.2, -0.15) is 13.2 Å². The molecule has 0 aromatic heterocycles. The molecule has 0 fully saturated rings. The number of benzene rings is 3. The molecule has 1 unspecified atom stereocenters. The summed E-state index contributed by atoms with van der Waals surface area (Å²) in [4.78, 5) is 14.4. The van der Waals surface area contributed by atoms with E-state index in [1.54, 1.807) is 18.2 Å². The van der Waals surface area contributed by atoms with Gasteiger partial charge < -0.3 is 4.74 Å². The molecule has 0 amide bonds. The molecule has 0 aliphatic heterocycles. The smallest absolute Gasteiger partial charge is 0.416 e. The maximum Gasteiger partial charge on any atom is 0.416 e. The Balaban J connectivity index is 2.09. The van der Waals surface area contributed by atoms with E-state index in [1.807, 2.05) is 36.4 Å². The van der Waals surface area contributed by atoms with Gasteiger partial charge in [0.2, 0.25) is 0 Å². The number of carbonyl (C=O) groups is 1. The normalized spacial score (nSPS) is 12.4. The summed E-state index contributed by atoms with van der Waals surface area (Å²) in [6.07, 6.45) is -4.38. The Bertz CT molecular complexity index is 922. The predicted octanol–water partition coefficient (Wildman–Crippen LogP) is 5.59. The van der Waals surface area contributed by atoms with Crippen LogP contribution in [0, 0.1) is 0 Å². The van der Waals surface area contributed by atoms with E-state index in [9.17, 15) is 18.0 Å². The van der Waals surface area contributed by atoms with E-state index in [0.717, 1.165) is 26.8 Å². The van der Waals surface area contributed by atoms with Crippen molar-refractivity contribution in [2.45, 2.75) is 20.9 Å². The molecular formula is C21H16F3O2S+. The fourth-order valence-corrected chi connectivity index (χ4v) is 4.73. The van der Waals surface area contributed by atoms with Crippen LogP contribution in [-0.4, -0.2) is 13.1 Å². The zero-order chi connectivity index (χ0) is 19.4. The number of esters is 1. The molecule has 1 atom stereocenters. The highest BCUT2D eigenvalue weighted by Crippen LogP contribution is 2.34. The summed E-state index contributed by atoms with van der Waals surface area (Å²) in [5.41, 5.74) is -0.290. The molecule has 0 N–H and O–H groups in total. The van der Waals surface area contributed by atoms with Crippen LogP contribution < -0.4 is 0 Å². The van der Waals surface area contributed by atoms with Gasteiger partial charge in [-0.05, 0) is 48.5 Å². The minimum absolute atomic E-state index is 0.398. The maximum atomic E-state index is 12.9. The molecule has 0 bridgehead atoms. The lowest BCUT2D eigenvalue weighted by molar-refractivity contribution is -0.137. The molecule has 0 heterocycles. The van der Waals surface area contributed by atoms with Crippen LogP contribution >= 0.6 is 0 Å². The first-order valence-corrected chi connectivity index (χ1v) is 9.27. The molecule has 6 heteroatoms. The van der Waals surface area contributed by atoms with Crippen molar-refractivity contribution in [3.8, 4) is 0 Å². The highest BCUT2D eigenvalue weighted by Gasteiger charge is 2.33. The zero-order valence-electron chi connectivity index (χ0n) is 14.4. The summed E-state index contributed by atoms with van der Waals surface area (Å²) in [6, 6.07) is 21.6. The van der Waals surface area contributed by atoms with Crippen molar-refractivity contribution < 1.29 is 22.7 Å². The van der Waals surface area contributed by atoms with Crippen LogP contribution in [0.3, 0.4) is 0 Å². The Morgan fingerprint density at radius 2 is 1.41 bits per heavy atom. The Kier molecular flexibility index (Phi) is 5.56. The topological polar surface area (TPSA) is 26.3 Å². The summed E-state index contributed by atoms with van der Waals surface area (Å²) in [5, 5.41) is 0. The summed E-state index contributed by atoms with van der Waals surface area (Å²) < 4.78 is 43.5. The highest BCUT2D eigenvalue weighted by molar-refractivity contribution is 7.97. The third kappa shape index (κ3) is 4.34. The van der Waals surface area contributed by atoms with Gasteiger partial charge in [0, 0.05) is 6.07 Å². The Morgan fingerprint density at radius 1 is 0.815 bits per heavy atom. The van der Waals surface area contributed by atoms with E-state index in [0.29, 0.717) is 5.56 Å². The Morgan fingerprint density at radius 3 is 2.00 bits per heavy atom. The molecule has 3 rings (SSSR count). The molecule has 138 valence electrons. The van der Waals surface area contributed by atoms with Crippen LogP contribution in [-0.2, 0) is 21.8 Å². The van der Waals surface area contributed by atoms with Crippen molar-refractivity contribution in [1.29, 1.82) is 0 Å². The van der Waals surface area contributed by atoms with Crippen molar-refractivity contribution in [1.82, 2.24) is 0 Å². The molecule has 3 aromatic rings. The molecule has 0 spiro atoms. The number of methoxy groups -OCH3 is 1. The van der Waals surface area contributed by atoms with Crippen molar-refractivity contribution in [3.63, 3.8) is 0 Å². The SMILES string of the molecule is COC(=O)c1cccc([S+](c2ccccc2)c2ccc(C(F)(F)F)cc2)c1. The fourth-order valence-electron chi connectivity index (χ4n) is 2.61. The molecule has 0 saturated carbocycles. The largest absolute Gasteiger partial charge is 0.465 e. The lowest BCUT2D eigenvalue weighted by Crippen LogP contribution is -2.09. The first kappa shape index (κ1) is 19.0. The van der Waals surface area contributed by atoms with Gasteiger partial charge in [-0.3, -0.25) is 0 Å². The summed E-state index contributed by atoms with van der Waals surface area (Å²) >= 11 is 0. The predicted molar refractivity (Wildman–Crippen MR) is 97.8 cm³/mol. The van der Waals surface area contributed by atoms with Crippen molar-refractivity contribution in [3.05, 3.63) is 90.0 Å². The van der Waals surface area contributed by atoms with Crippen LogP contribution in [0.4, 0.5) is 13.2 Å². The fraction of sp³-hybridized carbons (Fsp3) is 0.0952. The first-order valence-electron chi connectivity index (χ1n) is 8.05. The second-order valence-electron chi connectivity index (χ2n) is 5.66. The number of carbonyl (C=O) groups excluding carboxylic acids is 1. The lowest BCUT2D eigenvalue weighted by atomic mass is 10.2. The number of ether oxygens (including phenoxy) is 1. The number of rotatable bonds is 4. The molecule has 0 saturated heterocycles. The number of hydrogen-bond donors (Lipinski definition) is 0. The van der Waals surface area contributed by atoms with Gasteiger partial charge in [-0.1, -0.05) is 24.3 Å². The Labute approximate surface area is 158 Å². The van der Waals surface area contributed by atoms with Gasteiger partial charge in [0.05, 0.1) is 29.1 Å². The average molecular weight is 389 g/mol. The van der Waals surface area contributed by atoms with E-state index in [2.05, 4.69) is 0 Å². The summed E-state index contributed by atoms with van der Waals surface area (Å²) in [6.45, 7) is 0. The van der Waals surface area contributed by atoms with Crippen molar-refractivity contribution >= 4 is 16.9 Å². The van der Waals surface area contributed by atoms with Gasteiger partial charge in [0.1, 0.15) is 0 Å². The maximum absolute atomic E-state index is 12.9. The van der Waals surface area contributed by atoms with Gasteiger partial charge in [0.15, 0.2) is 14.7 Å². The van der Waals surface area contributed by atoms with E-state index in [-0.39, 0.29) is 0 Å². The van der Waals surface area contributed by atoms with E-state index in [1.165, 1.54) is 19.2 Å². The van der Waals surface area contributed by atoms with Crippen LogP contribution in [0.5, 0.6) is 0 Å². The van der Waals surface area contributed by atoms with Crippen LogP contribution in [0.1, 0.15) is 15.9 Å². The third-order valence-corrected chi connectivity index (χ3v) is 6.10. The van der Waals surface area contributed by atoms with Gasteiger partial charge in [-0.25, -0.2) is 4.79 Å². The lowest BCUT2D eigenvalue weighted by Gasteiger charge is -2.10. The summed E-state index contributed by atoms with van der Waals surface area (Å²) in [7, 11) is 0.654. The van der Waals surface area contributed by atoms with Crippen molar-refractivity contribution in [2.75, 3.05) is 7.11 Å². The first-order chi connectivity index (χ1) is 12.9. The monoisotopic (exact) mass is 389 g/mol. The standard InChI is InChI=1S/C21H16F3O2S/c1-26-20(25)15-6-5-9-19(14-15)27(17-7-3-2-4-8-17)18-12-10-16(11-13-18)21(22,23)24/h2-14H,1H3/q+1. The van der Waals surface area contributed by atoms with Gasteiger partial charge in [-0.15, -0.1) is 0 Å². The minimum atomic E-state index is -4.38. The minimum Gasteiger partial charge on any atom is -0.465 e. The average Bonchev–Trinajstić information content (AvgIpc) is 2.68. The van der Waals surface area contributed by atoms with Crippen LogP contribution in [0.2, 0.25) is 0 Å². The quantitative estimate of drug-likeness (QED) is 0.430. The third-order valence-electron chi connectivity index (χ3n) is 3.89. The van der Waals surface area contributed by atoms with Crippen LogP contribution in [0.25, 0.3) is 0 Å². The molecular weight excluding hydrogens is 373 g/mol. The van der Waals surface area contributed by atoms with Crippen molar-refractivity contribution in [2.24, 2.45) is 0 Å². The molecule has 0 aliphatic carbocycles. The van der Waals surface area contributed by atoms with E-state index in [4.69, 9.17) is 4.74 Å². The summed E-state index contributed by atoms with van der Waals surface area (Å²) in [5.74, 6) is -0.458.